The van der Waals surface area contributed by atoms with Crippen LogP contribution in [0.5, 0.6) is 0 Å². The Balaban J connectivity index is 1.68. The first-order valence-electron chi connectivity index (χ1n) is 6.99. The molecule has 5 heteroatoms. The van der Waals surface area contributed by atoms with Crippen molar-refractivity contribution in [2.45, 2.75) is 19.3 Å². The maximum Gasteiger partial charge on any atom is 0.268 e. The summed E-state index contributed by atoms with van der Waals surface area (Å²) in [7, 11) is 0. The van der Waals surface area contributed by atoms with Gasteiger partial charge in [-0.15, -0.1) is 0 Å². The van der Waals surface area contributed by atoms with E-state index in [9.17, 15) is 4.79 Å². The van der Waals surface area contributed by atoms with Crippen LogP contribution in [0.3, 0.4) is 0 Å². The van der Waals surface area contributed by atoms with E-state index in [0.717, 1.165) is 31.6 Å². The Morgan fingerprint density at radius 2 is 1.85 bits per heavy atom. The van der Waals surface area contributed by atoms with E-state index in [2.05, 4.69) is 10.5 Å². The average molecular weight is 270 g/mol. The van der Waals surface area contributed by atoms with Crippen LogP contribution in [0.4, 0.5) is 0 Å². The maximum atomic E-state index is 12.2. The topological polar surface area (TPSA) is 50.2 Å². The van der Waals surface area contributed by atoms with Crippen molar-refractivity contribution in [3.05, 3.63) is 48.3 Å². The summed E-state index contributed by atoms with van der Waals surface area (Å²) in [4.78, 5) is 12.2. The minimum absolute atomic E-state index is 0.0888. The Hall–Kier alpha value is -2.14. The van der Waals surface area contributed by atoms with E-state index in [4.69, 9.17) is 0 Å². The van der Waals surface area contributed by atoms with Crippen molar-refractivity contribution in [2.75, 3.05) is 13.1 Å². The number of benzene rings is 1. The first-order chi connectivity index (χ1) is 9.83. The number of amides is 1. The first kappa shape index (κ1) is 12.9. The van der Waals surface area contributed by atoms with Gasteiger partial charge in [0.1, 0.15) is 0 Å². The molecule has 0 aliphatic carbocycles. The van der Waals surface area contributed by atoms with Gasteiger partial charge in [0, 0.05) is 19.3 Å². The molecule has 20 heavy (non-hydrogen) atoms. The third kappa shape index (κ3) is 2.88. The number of hydrogen-bond acceptors (Lipinski definition) is 3. The summed E-state index contributed by atoms with van der Waals surface area (Å²) in [5.41, 5.74) is 4.47. The van der Waals surface area contributed by atoms with E-state index in [1.54, 1.807) is 17.1 Å². The summed E-state index contributed by atoms with van der Waals surface area (Å²) >= 11 is 0. The third-order valence-electron chi connectivity index (χ3n) is 3.48. The number of hydrazine groups is 1. The van der Waals surface area contributed by atoms with Crippen molar-refractivity contribution in [1.29, 1.82) is 0 Å². The van der Waals surface area contributed by atoms with Crippen molar-refractivity contribution in [1.82, 2.24) is 20.2 Å². The molecule has 1 aliphatic heterocycles. The Morgan fingerprint density at radius 1 is 1.10 bits per heavy atom. The highest BCUT2D eigenvalue weighted by atomic mass is 16.2. The molecule has 1 aliphatic rings. The van der Waals surface area contributed by atoms with Crippen LogP contribution in [-0.2, 0) is 0 Å². The second-order valence-corrected chi connectivity index (χ2v) is 5.00. The molecule has 1 N–H and O–H groups in total. The molecule has 0 atom stereocenters. The number of nitrogens with one attached hydrogen (secondary N) is 1. The summed E-state index contributed by atoms with van der Waals surface area (Å²) in [6.07, 6.45) is 6.90. The Kier molecular flexibility index (Phi) is 3.78. The predicted octanol–water partition coefficient (Wildman–Crippen LogP) is 2.00. The van der Waals surface area contributed by atoms with Gasteiger partial charge in [-0.1, -0.05) is 24.6 Å². The molecule has 5 nitrogen and oxygen atoms in total. The van der Waals surface area contributed by atoms with E-state index in [-0.39, 0.29) is 5.91 Å². The largest absolute Gasteiger partial charge is 0.285 e. The van der Waals surface area contributed by atoms with Crippen molar-refractivity contribution >= 4 is 5.91 Å². The number of rotatable bonds is 3. The van der Waals surface area contributed by atoms with Gasteiger partial charge in [0.15, 0.2) is 0 Å². The highest BCUT2D eigenvalue weighted by Crippen LogP contribution is 2.09. The quantitative estimate of drug-likeness (QED) is 0.928. The van der Waals surface area contributed by atoms with Crippen LogP contribution in [0, 0.1) is 0 Å². The number of piperidine rings is 1. The molecule has 1 amide bonds. The Labute approximate surface area is 118 Å². The van der Waals surface area contributed by atoms with Gasteiger partial charge < -0.3 is 0 Å². The molecule has 0 radical (unpaired) electrons. The van der Waals surface area contributed by atoms with Gasteiger partial charge in [0.25, 0.3) is 5.91 Å². The molecule has 0 saturated carbocycles. The van der Waals surface area contributed by atoms with Gasteiger partial charge in [-0.2, -0.15) is 5.10 Å². The van der Waals surface area contributed by atoms with Crippen molar-refractivity contribution in [3.63, 3.8) is 0 Å². The molecule has 1 fully saturated rings. The molecule has 2 heterocycles. The number of para-hydroxylation sites is 1. The van der Waals surface area contributed by atoms with E-state index in [1.165, 1.54) is 6.42 Å². The lowest BCUT2D eigenvalue weighted by Crippen LogP contribution is -2.44. The molecular weight excluding hydrogens is 252 g/mol. The van der Waals surface area contributed by atoms with Crippen LogP contribution in [0.15, 0.2) is 42.7 Å². The fourth-order valence-corrected chi connectivity index (χ4v) is 2.38. The zero-order valence-electron chi connectivity index (χ0n) is 11.3. The highest BCUT2D eigenvalue weighted by Gasteiger charge is 2.15. The summed E-state index contributed by atoms with van der Waals surface area (Å²) in [6, 6.07) is 9.77. The summed E-state index contributed by atoms with van der Waals surface area (Å²) < 4.78 is 1.71. The third-order valence-corrected chi connectivity index (χ3v) is 3.48. The van der Waals surface area contributed by atoms with Crippen LogP contribution in [0.25, 0.3) is 5.69 Å². The number of carbonyl (C=O) groups is 1. The molecule has 0 bridgehead atoms. The second-order valence-electron chi connectivity index (χ2n) is 5.00. The monoisotopic (exact) mass is 270 g/mol. The Morgan fingerprint density at radius 3 is 2.60 bits per heavy atom. The highest BCUT2D eigenvalue weighted by molar-refractivity contribution is 5.93. The number of hydrogen-bond donors (Lipinski definition) is 1. The molecule has 1 aromatic heterocycles. The predicted molar refractivity (Wildman–Crippen MR) is 76.5 cm³/mol. The van der Waals surface area contributed by atoms with Crippen molar-refractivity contribution in [3.8, 4) is 5.69 Å². The lowest BCUT2D eigenvalue weighted by molar-refractivity contribution is 0.0750. The molecule has 1 aromatic carbocycles. The summed E-state index contributed by atoms with van der Waals surface area (Å²) in [5, 5.41) is 6.23. The number of aromatic nitrogens is 2. The SMILES string of the molecule is O=C(NN1CCCCC1)c1cnn(-c2ccccc2)c1. The second kappa shape index (κ2) is 5.88. The standard InChI is InChI=1S/C15H18N4O/c20-15(17-18-9-5-2-6-10-18)13-11-16-19(12-13)14-7-3-1-4-8-14/h1,3-4,7-8,11-12H,2,5-6,9-10H2,(H,17,20). The van der Waals surface area contributed by atoms with Crippen LogP contribution in [-0.4, -0.2) is 33.8 Å². The molecule has 104 valence electrons. The zero-order valence-corrected chi connectivity index (χ0v) is 11.3. The molecule has 2 aromatic rings. The summed E-state index contributed by atoms with van der Waals surface area (Å²) in [5.74, 6) is -0.0888. The summed E-state index contributed by atoms with van der Waals surface area (Å²) in [6.45, 7) is 1.86. The van der Waals surface area contributed by atoms with Crippen LogP contribution in [0.1, 0.15) is 29.6 Å². The first-order valence-corrected chi connectivity index (χ1v) is 6.99. The van der Waals surface area contributed by atoms with E-state index >= 15 is 0 Å². The van der Waals surface area contributed by atoms with Crippen molar-refractivity contribution in [2.24, 2.45) is 0 Å². The lowest BCUT2D eigenvalue weighted by Gasteiger charge is -2.26. The van der Waals surface area contributed by atoms with E-state index < -0.39 is 0 Å². The normalized spacial score (nSPS) is 16.0. The molecule has 3 rings (SSSR count). The van der Waals surface area contributed by atoms with Gasteiger partial charge in [0.2, 0.25) is 0 Å². The average Bonchev–Trinajstić information content (AvgIpc) is 2.99. The van der Waals surface area contributed by atoms with Gasteiger partial charge in [-0.25, -0.2) is 9.69 Å². The molecule has 1 saturated heterocycles. The van der Waals surface area contributed by atoms with Gasteiger partial charge in [0.05, 0.1) is 17.4 Å². The lowest BCUT2D eigenvalue weighted by atomic mass is 10.2. The number of nitrogens with zero attached hydrogens (tertiary/aromatic N) is 3. The van der Waals surface area contributed by atoms with E-state index in [0.29, 0.717) is 5.56 Å². The fraction of sp³-hybridized carbons (Fsp3) is 0.333. The van der Waals surface area contributed by atoms with Gasteiger partial charge in [-0.05, 0) is 25.0 Å². The van der Waals surface area contributed by atoms with Gasteiger partial charge >= 0.3 is 0 Å². The zero-order chi connectivity index (χ0) is 13.8. The smallest absolute Gasteiger partial charge is 0.268 e. The van der Waals surface area contributed by atoms with Crippen LogP contribution >= 0.6 is 0 Å². The minimum Gasteiger partial charge on any atom is -0.285 e. The molecule has 0 unspecified atom stereocenters. The Bertz CT molecular complexity index is 573. The van der Waals surface area contributed by atoms with E-state index in [1.807, 2.05) is 35.3 Å². The van der Waals surface area contributed by atoms with Crippen LogP contribution < -0.4 is 5.43 Å². The fourth-order valence-electron chi connectivity index (χ4n) is 2.38. The van der Waals surface area contributed by atoms with Crippen molar-refractivity contribution < 1.29 is 4.79 Å². The van der Waals surface area contributed by atoms with Gasteiger partial charge in [-0.3, -0.25) is 10.2 Å². The number of carbonyl (C=O) groups excluding carboxylic acids is 1. The maximum absolute atomic E-state index is 12.2. The van der Waals surface area contributed by atoms with Crippen LogP contribution in [0.2, 0.25) is 0 Å². The molecular formula is C15H18N4O. The minimum atomic E-state index is -0.0888. The molecule has 0 spiro atoms.